The molecule has 2 aromatic heterocycles. The predicted octanol–water partition coefficient (Wildman–Crippen LogP) is 3.68. The minimum atomic E-state index is 0. The van der Waals surface area contributed by atoms with Crippen LogP contribution in [0.2, 0.25) is 0 Å². The lowest BCUT2D eigenvalue weighted by molar-refractivity contribution is 0.270. The highest BCUT2D eigenvalue weighted by molar-refractivity contribution is 14.0. The van der Waals surface area contributed by atoms with Crippen LogP contribution in [0, 0.1) is 0 Å². The molecule has 0 bridgehead atoms. The topological polar surface area (TPSA) is 68.7 Å². The standard InChI is InChI=1S/C22H35N7S.HI/c1-5-23-22(26-15-21-27-19(16-30-21)17(3)4)25-14-18-7-8-20(24-13-18)29-11-9-28(6-2)10-12-29;/h7-8,13,16-17H,5-6,9-12,14-15H2,1-4H3,(H2,23,25,26);1H. The molecule has 0 saturated carbocycles. The first-order valence-corrected chi connectivity index (χ1v) is 11.9. The average molecular weight is 558 g/mol. The smallest absolute Gasteiger partial charge is 0.191 e. The first-order chi connectivity index (χ1) is 14.6. The number of guanidine groups is 1. The number of thiazole rings is 1. The van der Waals surface area contributed by atoms with E-state index in [0.29, 0.717) is 19.0 Å². The molecule has 7 nitrogen and oxygen atoms in total. The van der Waals surface area contributed by atoms with Crippen LogP contribution < -0.4 is 15.5 Å². The molecule has 0 aromatic carbocycles. The second kappa shape index (κ2) is 13.2. The van der Waals surface area contributed by atoms with Crippen molar-refractivity contribution in [2.75, 3.05) is 44.2 Å². The third-order valence-electron chi connectivity index (χ3n) is 5.28. The lowest BCUT2D eigenvalue weighted by atomic mass is 10.2. The van der Waals surface area contributed by atoms with Crippen molar-refractivity contribution >= 4 is 47.1 Å². The number of likely N-dealkylation sites (N-methyl/N-ethyl adjacent to an activating group) is 1. The molecule has 0 aliphatic carbocycles. The molecule has 3 rings (SSSR count). The normalized spacial score (nSPS) is 15.1. The quantitative estimate of drug-likeness (QED) is 0.293. The number of aliphatic imine (C=N–C) groups is 1. The zero-order valence-electron chi connectivity index (χ0n) is 19.1. The number of halogens is 1. The lowest BCUT2D eigenvalue weighted by Crippen LogP contribution is -2.46. The Morgan fingerprint density at radius 2 is 1.94 bits per heavy atom. The van der Waals surface area contributed by atoms with Crippen LogP contribution in [0.3, 0.4) is 0 Å². The fourth-order valence-electron chi connectivity index (χ4n) is 3.33. The summed E-state index contributed by atoms with van der Waals surface area (Å²) < 4.78 is 0. The molecular weight excluding hydrogens is 521 g/mol. The number of nitrogens with one attached hydrogen (secondary N) is 2. The highest BCUT2D eigenvalue weighted by Gasteiger charge is 2.16. The summed E-state index contributed by atoms with van der Waals surface area (Å²) in [4.78, 5) is 18.9. The monoisotopic (exact) mass is 557 g/mol. The summed E-state index contributed by atoms with van der Waals surface area (Å²) in [5, 5.41) is 9.92. The Kier molecular flexibility index (Phi) is 11.0. The number of aromatic nitrogens is 2. The van der Waals surface area contributed by atoms with Gasteiger partial charge in [0.15, 0.2) is 5.96 Å². The van der Waals surface area contributed by atoms with Gasteiger partial charge in [-0.3, -0.25) is 0 Å². The number of hydrogen-bond donors (Lipinski definition) is 2. The van der Waals surface area contributed by atoms with E-state index >= 15 is 0 Å². The molecule has 3 heterocycles. The Morgan fingerprint density at radius 1 is 1.16 bits per heavy atom. The third kappa shape index (κ3) is 7.87. The van der Waals surface area contributed by atoms with Crippen molar-refractivity contribution in [2.45, 2.75) is 46.7 Å². The molecule has 9 heteroatoms. The van der Waals surface area contributed by atoms with Crippen LogP contribution in [0.4, 0.5) is 5.82 Å². The molecule has 0 atom stereocenters. The van der Waals surface area contributed by atoms with Gasteiger partial charge in [-0.05, 0) is 31.0 Å². The summed E-state index contributed by atoms with van der Waals surface area (Å²) in [6.07, 6.45) is 1.95. The minimum absolute atomic E-state index is 0. The van der Waals surface area contributed by atoms with Gasteiger partial charge in [0.1, 0.15) is 10.8 Å². The van der Waals surface area contributed by atoms with Crippen molar-refractivity contribution in [1.82, 2.24) is 25.5 Å². The largest absolute Gasteiger partial charge is 0.357 e. The van der Waals surface area contributed by atoms with E-state index in [-0.39, 0.29) is 24.0 Å². The fraction of sp³-hybridized carbons (Fsp3) is 0.591. The van der Waals surface area contributed by atoms with Crippen molar-refractivity contribution in [3.63, 3.8) is 0 Å². The van der Waals surface area contributed by atoms with Gasteiger partial charge in [-0.1, -0.05) is 26.8 Å². The fourth-order valence-corrected chi connectivity index (χ4v) is 4.23. The third-order valence-corrected chi connectivity index (χ3v) is 6.15. The molecule has 1 aliphatic rings. The maximum Gasteiger partial charge on any atom is 0.191 e. The molecule has 1 aliphatic heterocycles. The first-order valence-electron chi connectivity index (χ1n) is 11.0. The van der Waals surface area contributed by atoms with Gasteiger partial charge in [0.2, 0.25) is 0 Å². The zero-order valence-corrected chi connectivity index (χ0v) is 22.2. The molecule has 2 aromatic rings. The summed E-state index contributed by atoms with van der Waals surface area (Å²) in [6, 6.07) is 4.26. The second-order valence-electron chi connectivity index (χ2n) is 7.82. The minimum Gasteiger partial charge on any atom is -0.357 e. The molecule has 0 spiro atoms. The molecule has 31 heavy (non-hydrogen) atoms. The van der Waals surface area contributed by atoms with Crippen LogP contribution in [0.15, 0.2) is 28.7 Å². The van der Waals surface area contributed by atoms with E-state index in [1.165, 1.54) is 0 Å². The Labute approximate surface area is 207 Å². The second-order valence-corrected chi connectivity index (χ2v) is 8.76. The summed E-state index contributed by atoms with van der Waals surface area (Å²) in [5.41, 5.74) is 2.26. The summed E-state index contributed by atoms with van der Waals surface area (Å²) in [6.45, 7) is 16.2. The summed E-state index contributed by atoms with van der Waals surface area (Å²) >= 11 is 1.69. The van der Waals surface area contributed by atoms with E-state index in [0.717, 1.165) is 67.3 Å². The van der Waals surface area contributed by atoms with Crippen molar-refractivity contribution in [1.29, 1.82) is 0 Å². The number of pyridine rings is 1. The summed E-state index contributed by atoms with van der Waals surface area (Å²) in [7, 11) is 0. The Bertz CT molecular complexity index is 798. The van der Waals surface area contributed by atoms with Gasteiger partial charge in [0.05, 0.1) is 18.8 Å². The maximum atomic E-state index is 4.71. The van der Waals surface area contributed by atoms with E-state index in [2.05, 4.69) is 75.6 Å². The van der Waals surface area contributed by atoms with Crippen LogP contribution in [0.25, 0.3) is 0 Å². The van der Waals surface area contributed by atoms with Gasteiger partial charge >= 0.3 is 0 Å². The van der Waals surface area contributed by atoms with E-state index in [1.54, 1.807) is 11.3 Å². The predicted molar refractivity (Wildman–Crippen MR) is 142 cm³/mol. The molecule has 0 amide bonds. The molecule has 0 radical (unpaired) electrons. The number of piperazine rings is 1. The Hall–Kier alpha value is -1.46. The van der Waals surface area contributed by atoms with Gasteiger partial charge < -0.3 is 20.4 Å². The Morgan fingerprint density at radius 3 is 2.52 bits per heavy atom. The molecule has 1 saturated heterocycles. The number of anilines is 1. The van der Waals surface area contributed by atoms with Gasteiger partial charge in [-0.15, -0.1) is 35.3 Å². The first kappa shape index (κ1) is 25.8. The van der Waals surface area contributed by atoms with E-state index in [9.17, 15) is 0 Å². The molecule has 1 fully saturated rings. The van der Waals surface area contributed by atoms with E-state index < -0.39 is 0 Å². The van der Waals surface area contributed by atoms with Gasteiger partial charge in [0, 0.05) is 44.3 Å². The molecule has 172 valence electrons. The number of nitrogens with zero attached hydrogens (tertiary/aromatic N) is 5. The SMILES string of the molecule is CCNC(=NCc1ccc(N2CCN(CC)CC2)nc1)NCc1nc(C(C)C)cs1.I. The molecule has 2 N–H and O–H groups in total. The maximum absolute atomic E-state index is 4.71. The number of hydrogen-bond acceptors (Lipinski definition) is 6. The molecule has 0 unspecified atom stereocenters. The van der Waals surface area contributed by atoms with Crippen molar-refractivity contribution in [2.24, 2.45) is 4.99 Å². The van der Waals surface area contributed by atoms with Crippen LogP contribution in [-0.4, -0.2) is 60.1 Å². The van der Waals surface area contributed by atoms with Crippen molar-refractivity contribution in [3.8, 4) is 0 Å². The van der Waals surface area contributed by atoms with Gasteiger partial charge in [-0.25, -0.2) is 15.0 Å². The van der Waals surface area contributed by atoms with Gasteiger partial charge in [-0.2, -0.15) is 0 Å². The zero-order chi connectivity index (χ0) is 21.3. The van der Waals surface area contributed by atoms with Crippen LogP contribution in [0.1, 0.15) is 49.9 Å². The number of rotatable bonds is 8. The van der Waals surface area contributed by atoms with Crippen molar-refractivity contribution < 1.29 is 0 Å². The van der Waals surface area contributed by atoms with Crippen LogP contribution in [0.5, 0.6) is 0 Å². The van der Waals surface area contributed by atoms with E-state index in [4.69, 9.17) is 4.99 Å². The highest BCUT2D eigenvalue weighted by atomic mass is 127. The average Bonchev–Trinajstić information content (AvgIpc) is 3.26. The highest BCUT2D eigenvalue weighted by Crippen LogP contribution is 2.17. The lowest BCUT2D eigenvalue weighted by Gasteiger charge is -2.34. The van der Waals surface area contributed by atoms with Crippen LogP contribution >= 0.6 is 35.3 Å². The van der Waals surface area contributed by atoms with Gasteiger partial charge in [0.25, 0.3) is 0 Å². The van der Waals surface area contributed by atoms with Crippen molar-refractivity contribution in [3.05, 3.63) is 40.0 Å². The van der Waals surface area contributed by atoms with E-state index in [1.807, 2.05) is 6.20 Å². The molecular formula is C22H36IN7S. The summed E-state index contributed by atoms with van der Waals surface area (Å²) in [5.74, 6) is 2.33. The van der Waals surface area contributed by atoms with Crippen LogP contribution in [-0.2, 0) is 13.1 Å². The Balaban J connectivity index is 0.00000341.